The molecule has 1 unspecified atom stereocenters. The lowest BCUT2D eigenvalue weighted by Crippen LogP contribution is -2.32. The topological polar surface area (TPSA) is 79.5 Å². The minimum atomic E-state index is -0.597. The van der Waals surface area contributed by atoms with Crippen LogP contribution in [0.4, 0.5) is 0 Å². The Balaban J connectivity index is 1.92. The van der Waals surface area contributed by atoms with E-state index in [1.54, 1.807) is 29.7 Å². The molecule has 0 aliphatic heterocycles. The van der Waals surface area contributed by atoms with E-state index in [9.17, 15) is 9.59 Å². The monoisotopic (exact) mass is 357 g/mol. The fourth-order valence-electron chi connectivity index (χ4n) is 2.78. The van der Waals surface area contributed by atoms with Crippen molar-refractivity contribution in [2.75, 3.05) is 0 Å². The van der Waals surface area contributed by atoms with Gasteiger partial charge in [-0.15, -0.1) is 0 Å². The van der Waals surface area contributed by atoms with Crippen molar-refractivity contribution >= 4 is 28.5 Å². The number of carbonyl (C=O) groups excluding carboxylic acids is 1. The summed E-state index contributed by atoms with van der Waals surface area (Å²) in [5, 5.41) is 10.2. The number of carbonyl (C=O) groups is 1. The smallest absolute Gasteiger partial charge is 0.339 e. The van der Waals surface area contributed by atoms with Crippen LogP contribution in [0.15, 0.2) is 63.8 Å². The Bertz CT molecular complexity index is 953. The summed E-state index contributed by atoms with van der Waals surface area (Å²) in [7, 11) is 0. The van der Waals surface area contributed by atoms with Crippen LogP contribution in [0.5, 0.6) is 0 Å². The van der Waals surface area contributed by atoms with E-state index in [1.165, 1.54) is 0 Å². The first-order valence-corrected chi connectivity index (χ1v) is 8.15. The first kappa shape index (κ1) is 17.2. The van der Waals surface area contributed by atoms with Crippen LogP contribution < -0.4 is 11.1 Å². The zero-order valence-corrected chi connectivity index (χ0v) is 14.0. The maximum Gasteiger partial charge on any atom is 0.339 e. The minimum absolute atomic E-state index is 0.155. The highest BCUT2D eigenvalue weighted by molar-refractivity contribution is 6.31. The van der Waals surface area contributed by atoms with E-state index < -0.39 is 17.5 Å². The third kappa shape index (κ3) is 4.07. The van der Waals surface area contributed by atoms with Crippen molar-refractivity contribution in [1.82, 2.24) is 5.48 Å². The molecule has 2 N–H and O–H groups in total. The van der Waals surface area contributed by atoms with Gasteiger partial charge in [0.15, 0.2) is 0 Å². The number of rotatable bonds is 5. The number of hydrogen-bond acceptors (Lipinski definition) is 4. The Morgan fingerprint density at radius 3 is 2.60 bits per heavy atom. The van der Waals surface area contributed by atoms with Gasteiger partial charge in [-0.25, -0.2) is 10.3 Å². The lowest BCUT2D eigenvalue weighted by Gasteiger charge is -2.14. The van der Waals surface area contributed by atoms with Gasteiger partial charge in [-0.05, 0) is 36.6 Å². The number of hydroxylamine groups is 1. The van der Waals surface area contributed by atoms with Crippen LogP contribution >= 0.6 is 11.6 Å². The predicted octanol–water partition coefficient (Wildman–Crippen LogP) is 3.35. The first-order chi connectivity index (χ1) is 12.1. The molecule has 3 rings (SSSR count). The van der Waals surface area contributed by atoms with Gasteiger partial charge in [0, 0.05) is 28.0 Å². The van der Waals surface area contributed by atoms with Crippen LogP contribution in [-0.2, 0) is 17.6 Å². The molecule has 1 heterocycles. The van der Waals surface area contributed by atoms with Crippen molar-refractivity contribution in [3.05, 3.63) is 81.2 Å². The van der Waals surface area contributed by atoms with Crippen LogP contribution in [0.3, 0.4) is 0 Å². The molecular weight excluding hydrogens is 342 g/mol. The number of hydrogen-bond donors (Lipinski definition) is 2. The second kappa shape index (κ2) is 7.51. The van der Waals surface area contributed by atoms with Gasteiger partial charge in [0.1, 0.15) is 5.58 Å². The SMILES string of the molecule is O=C(NO)C(Cc1ccccc1)Cc1cc2ccc(Cl)cc2oc1=O. The maximum absolute atomic E-state index is 12.2. The number of nitrogens with one attached hydrogen (secondary N) is 1. The molecule has 3 aromatic rings. The molecule has 0 aliphatic carbocycles. The van der Waals surface area contributed by atoms with Crippen molar-refractivity contribution < 1.29 is 14.4 Å². The Labute approximate surface area is 148 Å². The molecule has 0 fully saturated rings. The highest BCUT2D eigenvalue weighted by Crippen LogP contribution is 2.21. The summed E-state index contributed by atoms with van der Waals surface area (Å²) in [6.45, 7) is 0. The summed E-state index contributed by atoms with van der Waals surface area (Å²) in [5.41, 5.74) is 2.87. The van der Waals surface area contributed by atoms with E-state index in [0.29, 0.717) is 22.6 Å². The van der Waals surface area contributed by atoms with E-state index >= 15 is 0 Å². The average Bonchev–Trinajstić information content (AvgIpc) is 2.62. The van der Waals surface area contributed by atoms with Gasteiger partial charge < -0.3 is 4.42 Å². The molecule has 25 heavy (non-hydrogen) atoms. The van der Waals surface area contributed by atoms with Crippen LogP contribution in [0.25, 0.3) is 11.0 Å². The largest absolute Gasteiger partial charge is 0.422 e. The minimum Gasteiger partial charge on any atom is -0.422 e. The lowest BCUT2D eigenvalue weighted by molar-refractivity contribution is -0.133. The van der Waals surface area contributed by atoms with E-state index in [0.717, 1.165) is 10.9 Å². The van der Waals surface area contributed by atoms with Gasteiger partial charge in [-0.1, -0.05) is 41.9 Å². The van der Waals surface area contributed by atoms with Crippen LogP contribution in [0, 0.1) is 5.92 Å². The third-order valence-corrected chi connectivity index (χ3v) is 4.28. The molecule has 0 bridgehead atoms. The van der Waals surface area contributed by atoms with Crippen molar-refractivity contribution in [1.29, 1.82) is 0 Å². The van der Waals surface area contributed by atoms with Crippen LogP contribution in [0.2, 0.25) is 5.02 Å². The number of amides is 1. The standard InChI is InChI=1S/C19H16ClNO4/c20-16-7-6-13-9-15(19(23)25-17(13)11-16)10-14(18(22)21-24)8-12-4-2-1-3-5-12/h1-7,9,11,14,24H,8,10H2,(H,21,22). The normalized spacial score (nSPS) is 12.1. The zero-order valence-electron chi connectivity index (χ0n) is 13.2. The summed E-state index contributed by atoms with van der Waals surface area (Å²) < 4.78 is 5.30. The summed E-state index contributed by atoms with van der Waals surface area (Å²) in [4.78, 5) is 24.3. The molecule has 5 nitrogen and oxygen atoms in total. The van der Waals surface area contributed by atoms with Gasteiger partial charge in [-0.3, -0.25) is 10.0 Å². The highest BCUT2D eigenvalue weighted by Gasteiger charge is 2.21. The molecule has 0 aliphatic rings. The highest BCUT2D eigenvalue weighted by atomic mass is 35.5. The molecule has 0 spiro atoms. The first-order valence-electron chi connectivity index (χ1n) is 7.77. The fourth-order valence-corrected chi connectivity index (χ4v) is 2.95. The number of benzene rings is 2. The van der Waals surface area contributed by atoms with Gasteiger partial charge in [-0.2, -0.15) is 0 Å². The maximum atomic E-state index is 12.2. The molecular formula is C19H16ClNO4. The van der Waals surface area contributed by atoms with Crippen molar-refractivity contribution in [3.8, 4) is 0 Å². The second-order valence-electron chi connectivity index (χ2n) is 5.81. The van der Waals surface area contributed by atoms with Gasteiger partial charge in [0.05, 0.1) is 0 Å². The Morgan fingerprint density at radius 1 is 1.12 bits per heavy atom. The van der Waals surface area contributed by atoms with Crippen molar-refractivity contribution in [2.45, 2.75) is 12.8 Å². The van der Waals surface area contributed by atoms with Crippen molar-refractivity contribution in [2.24, 2.45) is 5.92 Å². The molecule has 0 saturated carbocycles. The molecule has 0 radical (unpaired) electrons. The van der Waals surface area contributed by atoms with E-state index in [2.05, 4.69) is 0 Å². The fraction of sp³-hybridized carbons (Fsp3) is 0.158. The predicted molar refractivity (Wildman–Crippen MR) is 94.8 cm³/mol. The zero-order chi connectivity index (χ0) is 17.8. The van der Waals surface area contributed by atoms with E-state index in [1.807, 2.05) is 30.3 Å². The van der Waals surface area contributed by atoms with Crippen LogP contribution in [0.1, 0.15) is 11.1 Å². The quantitative estimate of drug-likeness (QED) is 0.417. The average molecular weight is 358 g/mol. The number of halogens is 1. The molecule has 128 valence electrons. The summed E-state index contributed by atoms with van der Waals surface area (Å²) >= 11 is 5.90. The molecule has 0 saturated heterocycles. The van der Waals surface area contributed by atoms with Gasteiger partial charge in [0.2, 0.25) is 5.91 Å². The summed E-state index contributed by atoms with van der Waals surface area (Å²) in [6.07, 6.45) is 0.549. The number of fused-ring (bicyclic) bond motifs is 1. The van der Waals surface area contributed by atoms with Gasteiger partial charge >= 0.3 is 5.63 Å². The van der Waals surface area contributed by atoms with Crippen molar-refractivity contribution in [3.63, 3.8) is 0 Å². The van der Waals surface area contributed by atoms with Crippen LogP contribution in [-0.4, -0.2) is 11.1 Å². The molecule has 2 aromatic carbocycles. The Hall–Kier alpha value is -2.63. The Morgan fingerprint density at radius 2 is 1.88 bits per heavy atom. The second-order valence-corrected chi connectivity index (χ2v) is 6.24. The molecule has 1 amide bonds. The molecule has 6 heteroatoms. The molecule has 1 atom stereocenters. The Kier molecular flexibility index (Phi) is 5.16. The lowest BCUT2D eigenvalue weighted by atomic mass is 9.92. The summed E-state index contributed by atoms with van der Waals surface area (Å²) in [6, 6.07) is 16.1. The van der Waals surface area contributed by atoms with E-state index in [4.69, 9.17) is 21.2 Å². The molecule has 1 aromatic heterocycles. The van der Waals surface area contributed by atoms with E-state index in [-0.39, 0.29) is 6.42 Å². The third-order valence-electron chi connectivity index (χ3n) is 4.04. The van der Waals surface area contributed by atoms with Gasteiger partial charge in [0.25, 0.3) is 0 Å². The summed E-state index contributed by atoms with van der Waals surface area (Å²) in [5.74, 6) is -1.14.